The largest absolute Gasteiger partial charge is 0.370 e. The maximum absolute atomic E-state index is 11.3. The Kier molecular flexibility index (Phi) is 1.65. The van der Waals surface area contributed by atoms with Crippen molar-refractivity contribution in [1.29, 1.82) is 0 Å². The molecule has 3 heteroatoms. The molecule has 0 saturated carbocycles. The summed E-state index contributed by atoms with van der Waals surface area (Å²) in [6, 6.07) is 0. The van der Waals surface area contributed by atoms with Crippen molar-refractivity contribution in [3.63, 3.8) is 0 Å². The van der Waals surface area contributed by atoms with Crippen molar-refractivity contribution in [1.82, 2.24) is 4.90 Å². The summed E-state index contributed by atoms with van der Waals surface area (Å²) in [5, 5.41) is 10.2. The summed E-state index contributed by atoms with van der Waals surface area (Å²) < 4.78 is 0. The molecule has 2 rings (SSSR count). The van der Waals surface area contributed by atoms with Gasteiger partial charge in [0.15, 0.2) is 0 Å². The molecule has 2 saturated heterocycles. The van der Waals surface area contributed by atoms with Crippen LogP contribution in [0, 0.1) is 5.92 Å². The van der Waals surface area contributed by atoms with Crippen molar-refractivity contribution in [3.8, 4) is 0 Å². The van der Waals surface area contributed by atoms with Crippen LogP contribution in [0.1, 0.15) is 32.6 Å². The maximum Gasteiger partial charge on any atom is 0.225 e. The van der Waals surface area contributed by atoms with Gasteiger partial charge in [-0.3, -0.25) is 4.79 Å². The summed E-state index contributed by atoms with van der Waals surface area (Å²) in [6.07, 6.45) is 3.24. The number of carbonyl (C=O) groups excluding carboxylic acids is 1. The molecule has 2 fully saturated rings. The van der Waals surface area contributed by atoms with Crippen molar-refractivity contribution >= 4 is 5.91 Å². The minimum atomic E-state index is -0.796. The Morgan fingerprint density at radius 1 is 1.67 bits per heavy atom. The highest BCUT2D eigenvalue weighted by atomic mass is 16.3. The van der Waals surface area contributed by atoms with Crippen LogP contribution in [0.3, 0.4) is 0 Å². The number of nitrogens with zero attached hydrogens (tertiary/aromatic N) is 1. The molecule has 1 amide bonds. The SMILES string of the molecule is CC1CCCN2C(=O)CCC12O. The van der Waals surface area contributed by atoms with Crippen LogP contribution in [0.25, 0.3) is 0 Å². The van der Waals surface area contributed by atoms with Crippen LogP contribution in [0.2, 0.25) is 0 Å². The van der Waals surface area contributed by atoms with E-state index in [-0.39, 0.29) is 11.8 Å². The topological polar surface area (TPSA) is 40.5 Å². The van der Waals surface area contributed by atoms with E-state index < -0.39 is 5.72 Å². The van der Waals surface area contributed by atoms with Crippen LogP contribution in [-0.2, 0) is 4.79 Å². The number of hydrogen-bond acceptors (Lipinski definition) is 2. The first-order chi connectivity index (χ1) is 5.64. The van der Waals surface area contributed by atoms with E-state index in [1.54, 1.807) is 4.90 Å². The molecule has 0 aromatic carbocycles. The smallest absolute Gasteiger partial charge is 0.225 e. The zero-order chi connectivity index (χ0) is 8.77. The van der Waals surface area contributed by atoms with E-state index in [0.717, 1.165) is 19.4 Å². The fraction of sp³-hybridized carbons (Fsp3) is 0.889. The molecular weight excluding hydrogens is 154 g/mol. The average Bonchev–Trinajstić information content (AvgIpc) is 2.33. The van der Waals surface area contributed by atoms with Crippen LogP contribution >= 0.6 is 0 Å². The lowest BCUT2D eigenvalue weighted by molar-refractivity contribution is -0.164. The Labute approximate surface area is 72.4 Å². The van der Waals surface area contributed by atoms with E-state index in [1.165, 1.54) is 0 Å². The van der Waals surface area contributed by atoms with Gasteiger partial charge in [-0.2, -0.15) is 0 Å². The molecule has 2 aliphatic heterocycles. The predicted octanol–water partition coefficient (Wildman–Crippen LogP) is 0.727. The first kappa shape index (κ1) is 8.05. The Bertz CT molecular complexity index is 217. The monoisotopic (exact) mass is 169 g/mol. The summed E-state index contributed by atoms with van der Waals surface area (Å²) in [7, 11) is 0. The second-order valence-electron chi connectivity index (χ2n) is 3.97. The van der Waals surface area contributed by atoms with Crippen LogP contribution in [0.5, 0.6) is 0 Å². The molecule has 12 heavy (non-hydrogen) atoms. The van der Waals surface area contributed by atoms with Crippen LogP contribution < -0.4 is 0 Å². The zero-order valence-corrected chi connectivity index (χ0v) is 7.42. The van der Waals surface area contributed by atoms with Gasteiger partial charge in [-0.05, 0) is 12.8 Å². The minimum absolute atomic E-state index is 0.129. The predicted molar refractivity (Wildman–Crippen MR) is 44.3 cm³/mol. The van der Waals surface area contributed by atoms with Crippen molar-refractivity contribution in [2.24, 2.45) is 5.92 Å². The highest BCUT2D eigenvalue weighted by Crippen LogP contribution is 2.39. The number of piperidine rings is 1. The van der Waals surface area contributed by atoms with Crippen molar-refractivity contribution in [2.75, 3.05) is 6.54 Å². The van der Waals surface area contributed by atoms with E-state index in [2.05, 4.69) is 0 Å². The summed E-state index contributed by atoms with van der Waals surface area (Å²) in [6.45, 7) is 2.78. The van der Waals surface area contributed by atoms with E-state index in [4.69, 9.17) is 0 Å². The third kappa shape index (κ3) is 0.891. The summed E-state index contributed by atoms with van der Waals surface area (Å²) in [5.41, 5.74) is -0.796. The van der Waals surface area contributed by atoms with Gasteiger partial charge in [0.1, 0.15) is 5.72 Å². The summed E-state index contributed by atoms with van der Waals surface area (Å²) >= 11 is 0. The van der Waals surface area contributed by atoms with Gasteiger partial charge in [0.2, 0.25) is 5.91 Å². The third-order valence-electron chi connectivity index (χ3n) is 3.28. The zero-order valence-electron chi connectivity index (χ0n) is 7.42. The summed E-state index contributed by atoms with van der Waals surface area (Å²) in [4.78, 5) is 13.0. The first-order valence-electron chi connectivity index (χ1n) is 4.67. The second kappa shape index (κ2) is 2.46. The van der Waals surface area contributed by atoms with Crippen LogP contribution in [0.4, 0.5) is 0 Å². The van der Waals surface area contributed by atoms with Gasteiger partial charge in [0.25, 0.3) is 0 Å². The Hall–Kier alpha value is -0.570. The van der Waals surface area contributed by atoms with Gasteiger partial charge < -0.3 is 10.0 Å². The molecule has 0 bridgehead atoms. The van der Waals surface area contributed by atoms with Crippen molar-refractivity contribution in [3.05, 3.63) is 0 Å². The van der Waals surface area contributed by atoms with Crippen molar-refractivity contribution < 1.29 is 9.90 Å². The molecule has 0 aromatic heterocycles. The number of amides is 1. The molecule has 0 radical (unpaired) electrons. The number of aliphatic hydroxyl groups is 1. The molecule has 3 nitrogen and oxygen atoms in total. The van der Waals surface area contributed by atoms with Gasteiger partial charge in [-0.1, -0.05) is 6.92 Å². The van der Waals surface area contributed by atoms with Gasteiger partial charge in [0, 0.05) is 25.3 Å². The molecule has 68 valence electrons. The minimum Gasteiger partial charge on any atom is -0.370 e. The lowest BCUT2D eigenvalue weighted by Crippen LogP contribution is -2.53. The molecule has 2 heterocycles. The lowest BCUT2D eigenvalue weighted by Gasteiger charge is -2.42. The fourth-order valence-corrected chi connectivity index (χ4v) is 2.39. The molecule has 2 atom stereocenters. The summed E-state index contributed by atoms with van der Waals surface area (Å²) in [5.74, 6) is 0.377. The van der Waals surface area contributed by atoms with Gasteiger partial charge in [-0.15, -0.1) is 0 Å². The molecule has 2 aliphatic rings. The van der Waals surface area contributed by atoms with Crippen LogP contribution in [0.15, 0.2) is 0 Å². The normalized spacial score (nSPS) is 41.7. The van der Waals surface area contributed by atoms with Crippen molar-refractivity contribution in [2.45, 2.75) is 38.3 Å². The van der Waals surface area contributed by atoms with Crippen LogP contribution in [-0.4, -0.2) is 28.2 Å². The maximum atomic E-state index is 11.3. The molecule has 0 spiro atoms. The number of fused-ring (bicyclic) bond motifs is 1. The van der Waals surface area contributed by atoms with Gasteiger partial charge in [-0.25, -0.2) is 0 Å². The Morgan fingerprint density at radius 3 is 3.08 bits per heavy atom. The molecule has 0 aliphatic carbocycles. The first-order valence-corrected chi connectivity index (χ1v) is 4.67. The van der Waals surface area contributed by atoms with E-state index >= 15 is 0 Å². The van der Waals surface area contributed by atoms with E-state index in [9.17, 15) is 9.90 Å². The van der Waals surface area contributed by atoms with E-state index in [0.29, 0.717) is 12.8 Å². The standard InChI is InChI=1S/C9H15NO2/c1-7-3-2-6-10-8(11)4-5-9(7,10)12/h7,12H,2-6H2,1H3. The van der Waals surface area contributed by atoms with Gasteiger partial charge in [0.05, 0.1) is 0 Å². The second-order valence-corrected chi connectivity index (χ2v) is 3.97. The molecule has 1 N–H and O–H groups in total. The highest BCUT2D eigenvalue weighted by molar-refractivity contribution is 5.79. The van der Waals surface area contributed by atoms with Gasteiger partial charge >= 0.3 is 0 Å². The average molecular weight is 169 g/mol. The number of rotatable bonds is 0. The highest BCUT2D eigenvalue weighted by Gasteiger charge is 2.49. The fourth-order valence-electron chi connectivity index (χ4n) is 2.39. The molecule has 2 unspecified atom stereocenters. The Morgan fingerprint density at radius 2 is 2.42 bits per heavy atom. The molecule has 0 aromatic rings. The van der Waals surface area contributed by atoms with E-state index in [1.807, 2.05) is 6.92 Å². The quantitative estimate of drug-likeness (QED) is 0.580. The lowest BCUT2D eigenvalue weighted by atomic mass is 9.87. The third-order valence-corrected chi connectivity index (χ3v) is 3.28. The number of carbonyl (C=O) groups is 1. The Balaban J connectivity index is 2.26. The molecular formula is C9H15NO2. The number of hydrogen-bond donors (Lipinski definition) is 1.